The van der Waals surface area contributed by atoms with E-state index in [9.17, 15) is 9.59 Å². The molecular formula is C12H15ClN4O2. The average molecular weight is 283 g/mol. The van der Waals surface area contributed by atoms with E-state index >= 15 is 0 Å². The van der Waals surface area contributed by atoms with E-state index in [-0.39, 0.29) is 28.2 Å². The highest BCUT2D eigenvalue weighted by Crippen LogP contribution is 2.21. The largest absolute Gasteiger partial charge is 0.384 e. The molecule has 2 heterocycles. The summed E-state index contributed by atoms with van der Waals surface area (Å²) in [6, 6.07) is 0.968. The van der Waals surface area contributed by atoms with E-state index in [1.165, 1.54) is 17.2 Å². The van der Waals surface area contributed by atoms with Crippen LogP contribution < -0.4 is 11.1 Å². The number of hydrogen-bond donors (Lipinski definition) is 2. The number of rotatable bonds is 2. The van der Waals surface area contributed by atoms with Crippen molar-refractivity contribution in [3.63, 3.8) is 0 Å². The first-order valence-corrected chi connectivity index (χ1v) is 6.42. The topological polar surface area (TPSA) is 88.3 Å². The molecule has 1 aromatic rings. The molecule has 1 atom stereocenters. The number of aromatic nitrogens is 1. The lowest BCUT2D eigenvalue weighted by Crippen LogP contribution is -2.56. The molecule has 0 radical (unpaired) electrons. The van der Waals surface area contributed by atoms with Crippen LogP contribution in [0.1, 0.15) is 23.7 Å². The zero-order chi connectivity index (χ0) is 14.0. The minimum absolute atomic E-state index is 0.139. The van der Waals surface area contributed by atoms with Crippen LogP contribution in [0.3, 0.4) is 0 Å². The van der Waals surface area contributed by atoms with Crippen LogP contribution in [0.2, 0.25) is 5.02 Å². The van der Waals surface area contributed by atoms with Gasteiger partial charge in [-0.05, 0) is 12.5 Å². The van der Waals surface area contributed by atoms with Crippen molar-refractivity contribution in [1.82, 2.24) is 15.2 Å². The van der Waals surface area contributed by atoms with Gasteiger partial charge in [-0.15, -0.1) is 0 Å². The van der Waals surface area contributed by atoms with Crippen molar-refractivity contribution in [3.05, 3.63) is 22.8 Å². The van der Waals surface area contributed by atoms with E-state index in [0.717, 1.165) is 0 Å². The number of amides is 2. The van der Waals surface area contributed by atoms with Crippen LogP contribution in [0.4, 0.5) is 5.82 Å². The number of nitrogen functional groups attached to an aromatic ring is 1. The van der Waals surface area contributed by atoms with Crippen molar-refractivity contribution in [2.75, 3.05) is 18.8 Å². The fourth-order valence-corrected chi connectivity index (χ4v) is 2.32. The summed E-state index contributed by atoms with van der Waals surface area (Å²) in [4.78, 5) is 29.6. The lowest BCUT2D eigenvalue weighted by molar-refractivity contribution is -0.127. The van der Waals surface area contributed by atoms with Gasteiger partial charge in [0.15, 0.2) is 0 Å². The van der Waals surface area contributed by atoms with Crippen molar-refractivity contribution in [2.24, 2.45) is 0 Å². The third-order valence-corrected chi connectivity index (χ3v) is 3.39. The smallest absolute Gasteiger partial charge is 0.256 e. The molecular weight excluding hydrogens is 268 g/mol. The van der Waals surface area contributed by atoms with Crippen LogP contribution in [0.15, 0.2) is 12.3 Å². The molecule has 0 spiro atoms. The lowest BCUT2D eigenvalue weighted by Gasteiger charge is -2.34. The number of piperazine rings is 1. The molecule has 0 aliphatic carbocycles. The maximum absolute atomic E-state index is 12.5. The number of halogens is 1. The minimum atomic E-state index is -0.466. The number of nitrogens with zero attached hydrogens (tertiary/aromatic N) is 2. The highest BCUT2D eigenvalue weighted by Gasteiger charge is 2.32. The lowest BCUT2D eigenvalue weighted by atomic mass is 10.1. The highest BCUT2D eigenvalue weighted by atomic mass is 35.5. The van der Waals surface area contributed by atoms with Crippen LogP contribution in [-0.4, -0.2) is 40.8 Å². The molecule has 1 fully saturated rings. The minimum Gasteiger partial charge on any atom is -0.384 e. The van der Waals surface area contributed by atoms with E-state index in [4.69, 9.17) is 17.3 Å². The third kappa shape index (κ3) is 2.63. The number of carbonyl (C=O) groups is 2. The van der Waals surface area contributed by atoms with Gasteiger partial charge in [0.25, 0.3) is 5.91 Å². The number of hydrogen-bond acceptors (Lipinski definition) is 4. The molecule has 0 saturated carbocycles. The van der Waals surface area contributed by atoms with E-state index in [1.807, 2.05) is 6.92 Å². The average Bonchev–Trinajstić information content (AvgIpc) is 2.40. The molecule has 19 heavy (non-hydrogen) atoms. The summed E-state index contributed by atoms with van der Waals surface area (Å²) in [5.41, 5.74) is 5.85. The summed E-state index contributed by atoms with van der Waals surface area (Å²) >= 11 is 5.97. The Hall–Kier alpha value is -1.82. The van der Waals surface area contributed by atoms with Gasteiger partial charge >= 0.3 is 0 Å². The van der Waals surface area contributed by atoms with E-state index < -0.39 is 6.04 Å². The summed E-state index contributed by atoms with van der Waals surface area (Å²) in [7, 11) is 0. The van der Waals surface area contributed by atoms with E-state index in [0.29, 0.717) is 19.5 Å². The Bertz CT molecular complexity index is 520. The first-order valence-electron chi connectivity index (χ1n) is 6.04. The summed E-state index contributed by atoms with van der Waals surface area (Å²) < 4.78 is 0. The van der Waals surface area contributed by atoms with Crippen molar-refractivity contribution in [1.29, 1.82) is 0 Å². The highest BCUT2D eigenvalue weighted by molar-refractivity contribution is 6.33. The quantitative estimate of drug-likeness (QED) is 0.834. The van der Waals surface area contributed by atoms with Gasteiger partial charge in [-0.25, -0.2) is 4.98 Å². The van der Waals surface area contributed by atoms with Crippen molar-refractivity contribution in [3.8, 4) is 0 Å². The van der Waals surface area contributed by atoms with Gasteiger partial charge < -0.3 is 16.0 Å². The summed E-state index contributed by atoms with van der Waals surface area (Å²) in [6.45, 7) is 2.76. The van der Waals surface area contributed by atoms with Crippen molar-refractivity contribution >= 4 is 29.2 Å². The van der Waals surface area contributed by atoms with Crippen LogP contribution in [0.25, 0.3) is 0 Å². The Balaban J connectivity index is 2.32. The Morgan fingerprint density at radius 1 is 1.68 bits per heavy atom. The van der Waals surface area contributed by atoms with Gasteiger partial charge in [-0.2, -0.15) is 0 Å². The SMILES string of the molecule is CCC1C(=O)NCCN1C(=O)c1cc(N)ncc1Cl. The van der Waals surface area contributed by atoms with Crippen LogP contribution >= 0.6 is 11.6 Å². The maximum Gasteiger partial charge on any atom is 0.256 e. The molecule has 3 N–H and O–H groups in total. The number of anilines is 1. The molecule has 6 nitrogen and oxygen atoms in total. The Labute approximate surface area is 115 Å². The van der Waals surface area contributed by atoms with Gasteiger partial charge in [-0.3, -0.25) is 9.59 Å². The first kappa shape index (κ1) is 13.6. The maximum atomic E-state index is 12.5. The molecule has 7 heteroatoms. The monoisotopic (exact) mass is 282 g/mol. The molecule has 1 saturated heterocycles. The fourth-order valence-electron chi connectivity index (χ4n) is 2.14. The second-order valence-electron chi connectivity index (χ2n) is 4.30. The summed E-state index contributed by atoms with van der Waals surface area (Å²) in [5.74, 6) is -0.205. The standard InChI is InChI=1S/C12H15ClN4O2/c1-2-9-11(18)15-3-4-17(9)12(19)7-5-10(14)16-6-8(7)13/h5-6,9H,2-4H2,1H3,(H2,14,16)(H,15,18). The Morgan fingerprint density at radius 3 is 3.11 bits per heavy atom. The molecule has 0 bridgehead atoms. The van der Waals surface area contributed by atoms with Gasteiger partial charge in [0.1, 0.15) is 11.9 Å². The molecule has 1 unspecified atom stereocenters. The molecule has 2 rings (SSSR count). The van der Waals surface area contributed by atoms with Gasteiger partial charge in [0.05, 0.1) is 10.6 Å². The van der Waals surface area contributed by atoms with Crippen molar-refractivity contribution in [2.45, 2.75) is 19.4 Å². The number of pyridine rings is 1. The van der Waals surface area contributed by atoms with Crippen LogP contribution in [0, 0.1) is 0 Å². The Kier molecular flexibility index (Phi) is 3.90. The van der Waals surface area contributed by atoms with Gasteiger partial charge in [-0.1, -0.05) is 18.5 Å². The van der Waals surface area contributed by atoms with Crippen molar-refractivity contribution < 1.29 is 9.59 Å². The van der Waals surface area contributed by atoms with Crippen LogP contribution in [0.5, 0.6) is 0 Å². The zero-order valence-electron chi connectivity index (χ0n) is 10.5. The predicted molar refractivity (Wildman–Crippen MR) is 71.8 cm³/mol. The second-order valence-corrected chi connectivity index (χ2v) is 4.71. The summed E-state index contributed by atoms with van der Waals surface area (Å²) in [6.07, 6.45) is 1.89. The fraction of sp³-hybridized carbons (Fsp3) is 0.417. The zero-order valence-corrected chi connectivity index (χ0v) is 11.3. The number of nitrogens with one attached hydrogen (secondary N) is 1. The number of carbonyl (C=O) groups excluding carboxylic acids is 2. The normalized spacial score (nSPS) is 19.2. The third-order valence-electron chi connectivity index (χ3n) is 3.09. The van der Waals surface area contributed by atoms with Gasteiger partial charge in [0.2, 0.25) is 5.91 Å². The van der Waals surface area contributed by atoms with Crippen LogP contribution in [-0.2, 0) is 4.79 Å². The molecule has 1 aliphatic rings. The molecule has 1 aromatic heterocycles. The Morgan fingerprint density at radius 2 is 2.42 bits per heavy atom. The van der Waals surface area contributed by atoms with Gasteiger partial charge in [0, 0.05) is 19.3 Å². The molecule has 2 amide bonds. The first-order chi connectivity index (χ1) is 9.04. The molecule has 0 aromatic carbocycles. The second kappa shape index (κ2) is 5.44. The van der Waals surface area contributed by atoms with E-state index in [1.54, 1.807) is 0 Å². The predicted octanol–water partition coefficient (Wildman–Crippen LogP) is 0.668. The molecule has 102 valence electrons. The summed E-state index contributed by atoms with van der Waals surface area (Å²) in [5, 5.41) is 2.98. The molecule has 1 aliphatic heterocycles. The number of nitrogens with two attached hydrogens (primary N) is 1. The van der Waals surface area contributed by atoms with E-state index in [2.05, 4.69) is 10.3 Å².